The van der Waals surface area contributed by atoms with Gasteiger partial charge in [-0.2, -0.15) is 0 Å². The first kappa shape index (κ1) is 15.1. The number of benzene rings is 1. The van der Waals surface area contributed by atoms with Gasteiger partial charge < -0.3 is 10.3 Å². The SMILES string of the molecule is Cc1cc(-c2nnc(CN)n2CC(C)C)cc([N+](=O)[O-])c1. The van der Waals surface area contributed by atoms with Crippen LogP contribution in [0.4, 0.5) is 5.69 Å². The second-order valence-corrected chi connectivity index (χ2v) is 5.46. The van der Waals surface area contributed by atoms with Crippen LogP contribution in [-0.2, 0) is 13.1 Å². The maximum atomic E-state index is 11.0. The van der Waals surface area contributed by atoms with Crippen LogP contribution < -0.4 is 5.73 Å². The van der Waals surface area contributed by atoms with Crippen LogP contribution in [0.1, 0.15) is 25.2 Å². The maximum Gasteiger partial charge on any atom is 0.270 e. The minimum Gasteiger partial charge on any atom is -0.324 e. The van der Waals surface area contributed by atoms with Crippen molar-refractivity contribution in [3.63, 3.8) is 0 Å². The van der Waals surface area contributed by atoms with Crippen molar-refractivity contribution < 1.29 is 4.92 Å². The van der Waals surface area contributed by atoms with E-state index in [-0.39, 0.29) is 12.2 Å². The smallest absolute Gasteiger partial charge is 0.270 e. The molecule has 1 aromatic heterocycles. The standard InChI is InChI=1S/C14H19N5O2/c1-9(2)8-18-13(7-15)16-17-14(18)11-4-10(3)5-12(6-11)19(20)21/h4-6,9H,7-8,15H2,1-3H3. The fourth-order valence-corrected chi connectivity index (χ4v) is 2.25. The van der Waals surface area contributed by atoms with E-state index in [2.05, 4.69) is 24.0 Å². The van der Waals surface area contributed by atoms with E-state index in [0.717, 1.165) is 12.1 Å². The molecule has 0 radical (unpaired) electrons. The first-order valence-electron chi connectivity index (χ1n) is 6.81. The number of non-ortho nitro benzene ring substituents is 1. The van der Waals surface area contributed by atoms with Gasteiger partial charge in [0.2, 0.25) is 0 Å². The summed E-state index contributed by atoms with van der Waals surface area (Å²) in [5.41, 5.74) is 7.25. The van der Waals surface area contributed by atoms with Crippen LogP contribution in [0.2, 0.25) is 0 Å². The number of hydrogen-bond acceptors (Lipinski definition) is 5. The van der Waals surface area contributed by atoms with Gasteiger partial charge in [0, 0.05) is 24.2 Å². The zero-order valence-electron chi connectivity index (χ0n) is 12.4. The molecule has 0 aliphatic heterocycles. The number of nitro benzene ring substituents is 1. The van der Waals surface area contributed by atoms with E-state index in [4.69, 9.17) is 5.73 Å². The zero-order chi connectivity index (χ0) is 15.6. The van der Waals surface area contributed by atoms with Crippen molar-refractivity contribution in [3.05, 3.63) is 39.7 Å². The lowest BCUT2D eigenvalue weighted by Crippen LogP contribution is -2.13. The normalized spacial score (nSPS) is 11.1. The molecular weight excluding hydrogens is 270 g/mol. The molecule has 0 fully saturated rings. The van der Waals surface area contributed by atoms with Gasteiger partial charge >= 0.3 is 0 Å². The lowest BCUT2D eigenvalue weighted by Gasteiger charge is -2.12. The molecule has 112 valence electrons. The van der Waals surface area contributed by atoms with E-state index in [1.54, 1.807) is 0 Å². The topological polar surface area (TPSA) is 99.9 Å². The molecule has 0 aliphatic carbocycles. The molecule has 0 unspecified atom stereocenters. The Morgan fingerprint density at radius 1 is 1.33 bits per heavy atom. The summed E-state index contributed by atoms with van der Waals surface area (Å²) in [5.74, 6) is 1.70. The maximum absolute atomic E-state index is 11.0. The highest BCUT2D eigenvalue weighted by Gasteiger charge is 2.17. The molecular formula is C14H19N5O2. The van der Waals surface area contributed by atoms with Crippen molar-refractivity contribution in [2.75, 3.05) is 0 Å². The molecule has 21 heavy (non-hydrogen) atoms. The molecule has 0 saturated heterocycles. The minimum atomic E-state index is -0.399. The first-order chi connectivity index (χ1) is 9.92. The van der Waals surface area contributed by atoms with E-state index in [9.17, 15) is 10.1 Å². The summed E-state index contributed by atoms with van der Waals surface area (Å²) in [6.07, 6.45) is 0. The van der Waals surface area contributed by atoms with Gasteiger partial charge in [-0.15, -0.1) is 10.2 Å². The van der Waals surface area contributed by atoms with Crippen molar-refractivity contribution in [2.24, 2.45) is 11.7 Å². The molecule has 0 saturated carbocycles. The molecule has 0 spiro atoms. The number of aromatic nitrogens is 3. The third-order valence-electron chi connectivity index (χ3n) is 3.09. The van der Waals surface area contributed by atoms with Crippen molar-refractivity contribution in [3.8, 4) is 11.4 Å². The van der Waals surface area contributed by atoms with Crippen molar-refractivity contribution in [1.82, 2.24) is 14.8 Å². The van der Waals surface area contributed by atoms with Gasteiger partial charge in [0.1, 0.15) is 5.82 Å². The third-order valence-corrected chi connectivity index (χ3v) is 3.09. The van der Waals surface area contributed by atoms with E-state index in [1.807, 2.05) is 17.6 Å². The van der Waals surface area contributed by atoms with Gasteiger partial charge in [-0.05, 0) is 24.5 Å². The molecule has 2 rings (SSSR count). The van der Waals surface area contributed by atoms with Crippen LogP contribution in [0.3, 0.4) is 0 Å². The van der Waals surface area contributed by atoms with Crippen LogP contribution in [0.5, 0.6) is 0 Å². The fraction of sp³-hybridized carbons (Fsp3) is 0.429. The Morgan fingerprint density at radius 2 is 2.05 bits per heavy atom. The number of aryl methyl sites for hydroxylation is 1. The van der Waals surface area contributed by atoms with Crippen LogP contribution in [-0.4, -0.2) is 19.7 Å². The van der Waals surface area contributed by atoms with Crippen LogP contribution in [0, 0.1) is 23.0 Å². The Morgan fingerprint density at radius 3 is 2.62 bits per heavy atom. The van der Waals surface area contributed by atoms with Crippen LogP contribution in [0.15, 0.2) is 18.2 Å². The number of nitrogens with zero attached hydrogens (tertiary/aromatic N) is 4. The van der Waals surface area contributed by atoms with Gasteiger partial charge in [-0.3, -0.25) is 10.1 Å². The molecule has 0 bridgehead atoms. The first-order valence-corrected chi connectivity index (χ1v) is 6.81. The van der Waals surface area contributed by atoms with E-state index >= 15 is 0 Å². The lowest BCUT2D eigenvalue weighted by atomic mass is 10.1. The lowest BCUT2D eigenvalue weighted by molar-refractivity contribution is -0.384. The number of hydrogen-bond donors (Lipinski definition) is 1. The molecule has 7 nitrogen and oxygen atoms in total. The van der Waals surface area contributed by atoms with E-state index in [1.165, 1.54) is 12.1 Å². The van der Waals surface area contributed by atoms with Gasteiger partial charge in [-0.1, -0.05) is 13.8 Å². The average Bonchev–Trinajstić information content (AvgIpc) is 2.80. The van der Waals surface area contributed by atoms with Gasteiger partial charge in [0.25, 0.3) is 5.69 Å². The van der Waals surface area contributed by atoms with Crippen LogP contribution in [0.25, 0.3) is 11.4 Å². The summed E-state index contributed by atoms with van der Waals surface area (Å²) < 4.78 is 1.93. The van der Waals surface area contributed by atoms with Crippen molar-refractivity contribution in [2.45, 2.75) is 33.9 Å². The Balaban J connectivity index is 2.56. The molecule has 1 aromatic carbocycles. The van der Waals surface area contributed by atoms with Crippen molar-refractivity contribution >= 4 is 5.69 Å². The average molecular weight is 289 g/mol. The molecule has 2 aromatic rings. The van der Waals surface area contributed by atoms with Gasteiger partial charge in [-0.25, -0.2) is 0 Å². The molecule has 7 heteroatoms. The van der Waals surface area contributed by atoms with Gasteiger partial charge in [0.05, 0.1) is 11.5 Å². The minimum absolute atomic E-state index is 0.0541. The second-order valence-electron chi connectivity index (χ2n) is 5.46. The van der Waals surface area contributed by atoms with Crippen molar-refractivity contribution in [1.29, 1.82) is 0 Å². The number of nitrogens with two attached hydrogens (primary N) is 1. The van der Waals surface area contributed by atoms with Gasteiger partial charge in [0.15, 0.2) is 5.82 Å². The largest absolute Gasteiger partial charge is 0.324 e. The summed E-state index contributed by atoms with van der Waals surface area (Å²) in [7, 11) is 0. The third kappa shape index (κ3) is 3.25. The fourth-order valence-electron chi connectivity index (χ4n) is 2.25. The Labute approximate surface area is 122 Å². The highest BCUT2D eigenvalue weighted by molar-refractivity contribution is 5.61. The second kappa shape index (κ2) is 6.01. The molecule has 0 atom stereocenters. The highest BCUT2D eigenvalue weighted by Crippen LogP contribution is 2.25. The predicted molar refractivity (Wildman–Crippen MR) is 79.6 cm³/mol. The zero-order valence-corrected chi connectivity index (χ0v) is 12.4. The Kier molecular flexibility index (Phi) is 4.32. The summed E-state index contributed by atoms with van der Waals surface area (Å²) in [6, 6.07) is 4.93. The Hall–Kier alpha value is -2.28. The predicted octanol–water partition coefficient (Wildman–Crippen LogP) is 2.28. The van der Waals surface area contributed by atoms with E-state index < -0.39 is 4.92 Å². The monoisotopic (exact) mass is 289 g/mol. The number of nitro groups is 1. The highest BCUT2D eigenvalue weighted by atomic mass is 16.6. The number of rotatable bonds is 5. The molecule has 0 amide bonds. The Bertz CT molecular complexity index is 663. The quantitative estimate of drug-likeness (QED) is 0.672. The summed E-state index contributed by atoms with van der Waals surface area (Å²) in [5, 5.41) is 19.3. The molecule has 2 N–H and O–H groups in total. The molecule has 1 heterocycles. The summed E-state index contributed by atoms with van der Waals surface area (Å²) in [4.78, 5) is 10.6. The van der Waals surface area contributed by atoms with E-state index in [0.29, 0.717) is 23.1 Å². The van der Waals surface area contributed by atoms with Crippen LogP contribution >= 0.6 is 0 Å². The summed E-state index contributed by atoms with van der Waals surface area (Å²) in [6.45, 7) is 7.00. The summed E-state index contributed by atoms with van der Waals surface area (Å²) >= 11 is 0. The molecule has 0 aliphatic rings.